The third kappa shape index (κ3) is 4.00. The summed E-state index contributed by atoms with van der Waals surface area (Å²) in [6, 6.07) is 9.54. The summed E-state index contributed by atoms with van der Waals surface area (Å²) in [5.41, 5.74) is 1.96. The molecule has 0 bridgehead atoms. The summed E-state index contributed by atoms with van der Waals surface area (Å²) in [4.78, 5) is 19.9. The Morgan fingerprint density at radius 1 is 1.21 bits per heavy atom. The molecule has 4 aromatic rings. The van der Waals surface area contributed by atoms with Crippen LogP contribution in [0.5, 0.6) is 0 Å². The minimum Gasteiger partial charge on any atom is -0.419 e. The first-order valence-corrected chi connectivity index (χ1v) is 11.4. The lowest BCUT2D eigenvalue weighted by molar-refractivity contribution is 0.528. The van der Waals surface area contributed by atoms with Crippen molar-refractivity contribution in [3.8, 4) is 10.8 Å². The maximum absolute atomic E-state index is 12.9. The predicted octanol–water partition coefficient (Wildman–Crippen LogP) is 5.08. The number of aryl methyl sites for hydroxylation is 2. The van der Waals surface area contributed by atoms with Crippen molar-refractivity contribution in [3.63, 3.8) is 0 Å². The molecule has 4 rings (SSSR count). The molecule has 0 saturated heterocycles. The summed E-state index contributed by atoms with van der Waals surface area (Å²) in [5, 5.41) is 9.71. The van der Waals surface area contributed by atoms with Gasteiger partial charge in [-0.25, -0.2) is 4.98 Å². The van der Waals surface area contributed by atoms with Crippen LogP contribution in [0.2, 0.25) is 0 Å². The number of fused-ring (bicyclic) bond motifs is 1. The molecule has 0 spiro atoms. The lowest BCUT2D eigenvalue weighted by atomic mass is 10.2. The van der Waals surface area contributed by atoms with Crippen LogP contribution in [-0.4, -0.2) is 19.7 Å². The van der Waals surface area contributed by atoms with Gasteiger partial charge in [0.1, 0.15) is 0 Å². The fourth-order valence-electron chi connectivity index (χ4n) is 3.19. The van der Waals surface area contributed by atoms with Gasteiger partial charge in [0.15, 0.2) is 5.16 Å². The van der Waals surface area contributed by atoms with Crippen LogP contribution >= 0.6 is 23.1 Å². The number of hydrogen-bond donors (Lipinski definition) is 0. The summed E-state index contributed by atoms with van der Waals surface area (Å²) >= 11 is 3.14. The smallest absolute Gasteiger partial charge is 0.262 e. The number of aromatic nitrogens is 4. The van der Waals surface area contributed by atoms with Crippen molar-refractivity contribution in [1.82, 2.24) is 19.7 Å². The molecule has 6 nitrogen and oxygen atoms in total. The van der Waals surface area contributed by atoms with E-state index >= 15 is 0 Å². The van der Waals surface area contributed by atoms with Crippen LogP contribution in [0.25, 0.3) is 21.7 Å². The average Bonchev–Trinajstić information content (AvgIpc) is 3.35. The molecule has 0 N–H and O–H groups in total. The molecule has 0 aliphatic carbocycles. The zero-order valence-corrected chi connectivity index (χ0v) is 18.3. The van der Waals surface area contributed by atoms with E-state index in [9.17, 15) is 4.79 Å². The van der Waals surface area contributed by atoms with Crippen LogP contribution in [0.4, 0.5) is 0 Å². The van der Waals surface area contributed by atoms with Gasteiger partial charge in [0.25, 0.3) is 11.4 Å². The maximum Gasteiger partial charge on any atom is 0.262 e. The summed E-state index contributed by atoms with van der Waals surface area (Å²) in [6.45, 7) is 6.92. The zero-order valence-electron chi connectivity index (χ0n) is 16.6. The average molecular weight is 427 g/mol. The zero-order chi connectivity index (χ0) is 20.4. The molecule has 0 aliphatic heterocycles. The lowest BCUT2D eigenvalue weighted by Crippen LogP contribution is -2.23. The first-order valence-electron chi connectivity index (χ1n) is 9.65. The van der Waals surface area contributed by atoms with Gasteiger partial charge in [-0.3, -0.25) is 9.36 Å². The molecule has 0 atom stereocenters. The van der Waals surface area contributed by atoms with E-state index in [0.29, 0.717) is 40.1 Å². The number of benzene rings is 1. The third-order valence-corrected chi connectivity index (χ3v) is 6.95. The number of para-hydroxylation sites is 1. The van der Waals surface area contributed by atoms with Gasteiger partial charge < -0.3 is 4.42 Å². The molecule has 0 unspecified atom stereocenters. The minimum atomic E-state index is -0.00711. The van der Waals surface area contributed by atoms with Crippen LogP contribution < -0.4 is 5.56 Å². The Labute approximate surface area is 177 Å². The van der Waals surface area contributed by atoms with Gasteiger partial charge in [0.05, 0.1) is 21.5 Å². The number of hydrogen-bond acceptors (Lipinski definition) is 7. The van der Waals surface area contributed by atoms with Crippen molar-refractivity contribution < 1.29 is 4.42 Å². The van der Waals surface area contributed by atoms with E-state index in [1.807, 2.05) is 31.2 Å². The van der Waals surface area contributed by atoms with Gasteiger partial charge in [-0.05, 0) is 43.5 Å². The Morgan fingerprint density at radius 3 is 2.79 bits per heavy atom. The lowest BCUT2D eigenvalue weighted by Gasteiger charge is -2.11. The van der Waals surface area contributed by atoms with Crippen molar-refractivity contribution in [3.05, 3.63) is 57.0 Å². The first kappa shape index (κ1) is 19.8. The highest BCUT2D eigenvalue weighted by atomic mass is 32.2. The Kier molecular flexibility index (Phi) is 5.82. The summed E-state index contributed by atoms with van der Waals surface area (Å²) < 4.78 is 7.61. The van der Waals surface area contributed by atoms with E-state index < -0.39 is 0 Å². The quantitative estimate of drug-likeness (QED) is 0.303. The number of thiophene rings is 1. The summed E-state index contributed by atoms with van der Waals surface area (Å²) in [6.07, 6.45) is 1.85. The van der Waals surface area contributed by atoms with Gasteiger partial charge in [0, 0.05) is 11.4 Å². The second-order valence-electron chi connectivity index (χ2n) is 6.73. The first-order chi connectivity index (χ1) is 14.1. The molecule has 3 heterocycles. The normalized spacial score (nSPS) is 11.4. The van der Waals surface area contributed by atoms with E-state index in [1.54, 1.807) is 15.9 Å². The molecule has 150 valence electrons. The van der Waals surface area contributed by atoms with Crippen LogP contribution in [0.1, 0.15) is 36.6 Å². The molecule has 29 heavy (non-hydrogen) atoms. The van der Waals surface area contributed by atoms with E-state index in [-0.39, 0.29) is 5.56 Å². The molecule has 3 aromatic heterocycles. The van der Waals surface area contributed by atoms with Crippen molar-refractivity contribution in [1.29, 1.82) is 0 Å². The van der Waals surface area contributed by atoms with Gasteiger partial charge >= 0.3 is 0 Å². The van der Waals surface area contributed by atoms with Crippen LogP contribution in [0.3, 0.4) is 0 Å². The second kappa shape index (κ2) is 8.51. The van der Waals surface area contributed by atoms with E-state index in [2.05, 4.69) is 30.1 Å². The van der Waals surface area contributed by atoms with E-state index in [4.69, 9.17) is 9.40 Å². The van der Waals surface area contributed by atoms with Gasteiger partial charge in [-0.1, -0.05) is 37.7 Å². The van der Waals surface area contributed by atoms with Gasteiger partial charge in [-0.15, -0.1) is 21.5 Å². The Hall–Kier alpha value is -2.45. The Balaban J connectivity index is 1.59. The van der Waals surface area contributed by atoms with Crippen LogP contribution in [-0.2, 0) is 18.7 Å². The van der Waals surface area contributed by atoms with Crippen molar-refractivity contribution in [2.45, 2.75) is 51.1 Å². The Bertz CT molecular complexity index is 1210. The number of rotatable bonds is 7. The van der Waals surface area contributed by atoms with Gasteiger partial charge in [0.2, 0.25) is 5.89 Å². The molecule has 0 amide bonds. The highest BCUT2D eigenvalue weighted by Gasteiger charge is 2.15. The number of nitrogens with zero attached hydrogens (tertiary/aromatic N) is 4. The minimum absolute atomic E-state index is 0.00711. The predicted molar refractivity (Wildman–Crippen MR) is 118 cm³/mol. The topological polar surface area (TPSA) is 73.8 Å². The summed E-state index contributed by atoms with van der Waals surface area (Å²) in [5.74, 6) is 1.54. The molecule has 8 heteroatoms. The van der Waals surface area contributed by atoms with Crippen molar-refractivity contribution >= 4 is 34.0 Å². The molecule has 0 aliphatic rings. The standard InChI is InChI=1S/C21H22N4O2S2/c1-4-10-25-20(26)14-8-6-7-9-15(14)22-21(25)28-12-18-23-24-19(27-18)17-11-13(3)16(5-2)29-17/h6-9,11H,4-5,10,12H2,1-3H3. The molecule has 1 aromatic carbocycles. The fraction of sp³-hybridized carbons (Fsp3) is 0.333. The highest BCUT2D eigenvalue weighted by Crippen LogP contribution is 2.31. The SMILES string of the molecule is CCCn1c(SCc2nnc(-c3cc(C)c(CC)s3)o2)nc2ccccc2c1=O. The largest absolute Gasteiger partial charge is 0.419 e. The second-order valence-corrected chi connectivity index (χ2v) is 8.81. The Morgan fingerprint density at radius 2 is 2.03 bits per heavy atom. The highest BCUT2D eigenvalue weighted by molar-refractivity contribution is 7.98. The maximum atomic E-state index is 12.9. The monoisotopic (exact) mass is 426 g/mol. The molecule has 0 fully saturated rings. The molecular formula is C21H22N4O2S2. The van der Waals surface area contributed by atoms with Gasteiger partial charge in [-0.2, -0.15) is 0 Å². The van der Waals surface area contributed by atoms with Crippen LogP contribution in [0, 0.1) is 6.92 Å². The van der Waals surface area contributed by atoms with E-state index in [0.717, 1.165) is 17.7 Å². The van der Waals surface area contributed by atoms with Crippen molar-refractivity contribution in [2.24, 2.45) is 0 Å². The molecule has 0 saturated carbocycles. The van der Waals surface area contributed by atoms with Crippen molar-refractivity contribution in [2.75, 3.05) is 0 Å². The number of thioether (sulfide) groups is 1. The summed E-state index contributed by atoms with van der Waals surface area (Å²) in [7, 11) is 0. The molecular weight excluding hydrogens is 404 g/mol. The molecule has 0 radical (unpaired) electrons. The third-order valence-electron chi connectivity index (χ3n) is 4.62. The van der Waals surface area contributed by atoms with E-state index in [1.165, 1.54) is 22.2 Å². The van der Waals surface area contributed by atoms with Crippen LogP contribution in [0.15, 0.2) is 44.7 Å². The fourth-order valence-corrected chi connectivity index (χ4v) is 5.09.